The molecule has 1 aromatic carbocycles. The van der Waals surface area contributed by atoms with Gasteiger partial charge in [0, 0.05) is 23.8 Å². The maximum atomic E-state index is 12.2. The fourth-order valence-corrected chi connectivity index (χ4v) is 7.30. The summed E-state index contributed by atoms with van der Waals surface area (Å²) < 4.78 is 24.2. The third-order valence-corrected chi connectivity index (χ3v) is 7.90. The maximum Gasteiger partial charge on any atom is 0.303 e. The molecule has 1 amide bonds. The number of amides is 1. The van der Waals surface area contributed by atoms with Crippen LogP contribution in [0.15, 0.2) is 23.2 Å². The van der Waals surface area contributed by atoms with Crippen molar-refractivity contribution in [3.63, 3.8) is 0 Å². The van der Waals surface area contributed by atoms with E-state index in [1.807, 2.05) is 36.9 Å². The van der Waals surface area contributed by atoms with Crippen LogP contribution in [-0.4, -0.2) is 53.4 Å². The first-order valence-corrected chi connectivity index (χ1v) is 11.4. The molecule has 2 fully saturated rings. The predicted molar refractivity (Wildman–Crippen MR) is 106 cm³/mol. The number of hydrogen-bond donors (Lipinski definition) is 1. The number of thioether (sulfide) groups is 1. The minimum absolute atomic E-state index is 0.0459. The van der Waals surface area contributed by atoms with Gasteiger partial charge in [0.2, 0.25) is 5.91 Å². The molecule has 3 rings (SSSR count). The molecule has 1 aromatic rings. The highest BCUT2D eigenvalue weighted by molar-refractivity contribution is 8.16. The van der Waals surface area contributed by atoms with E-state index in [0.717, 1.165) is 16.8 Å². The molecule has 2 atom stereocenters. The van der Waals surface area contributed by atoms with Gasteiger partial charge in [0.1, 0.15) is 0 Å². The van der Waals surface area contributed by atoms with Crippen molar-refractivity contribution >= 4 is 44.3 Å². The number of rotatable bonds is 5. The molecule has 9 heteroatoms. The lowest BCUT2D eigenvalue weighted by atomic mass is 10.1. The van der Waals surface area contributed by atoms with Gasteiger partial charge in [-0.1, -0.05) is 23.9 Å². The zero-order valence-electron chi connectivity index (χ0n) is 15.2. The smallest absolute Gasteiger partial charge is 0.303 e. The van der Waals surface area contributed by atoms with Gasteiger partial charge in [-0.2, -0.15) is 4.99 Å². The lowest BCUT2D eigenvalue weighted by Gasteiger charge is -2.26. The molecule has 2 aliphatic heterocycles. The Morgan fingerprint density at radius 2 is 2.00 bits per heavy atom. The number of aryl methyl sites for hydroxylation is 2. The summed E-state index contributed by atoms with van der Waals surface area (Å²) >= 11 is 1.33. The monoisotopic (exact) mass is 410 g/mol. The highest BCUT2D eigenvalue weighted by atomic mass is 32.2. The maximum absolute atomic E-state index is 12.2. The lowest BCUT2D eigenvalue weighted by molar-refractivity contribution is -0.137. The van der Waals surface area contributed by atoms with E-state index in [9.17, 15) is 18.0 Å². The number of carbonyl (C=O) groups is 2. The number of nitrogens with zero attached hydrogens (tertiary/aromatic N) is 2. The third kappa shape index (κ3) is 4.52. The van der Waals surface area contributed by atoms with E-state index in [0.29, 0.717) is 5.17 Å². The molecule has 2 heterocycles. The van der Waals surface area contributed by atoms with Gasteiger partial charge in [-0.3, -0.25) is 9.59 Å². The summed E-state index contributed by atoms with van der Waals surface area (Å²) in [5, 5.41) is 9.06. The Kier molecular flexibility index (Phi) is 5.62. The Morgan fingerprint density at radius 3 is 2.70 bits per heavy atom. The van der Waals surface area contributed by atoms with Gasteiger partial charge in [0.05, 0.1) is 17.5 Å². The molecule has 7 nitrogen and oxygen atoms in total. The first kappa shape index (κ1) is 19.9. The summed E-state index contributed by atoms with van der Waals surface area (Å²) in [6, 6.07) is 5.69. The van der Waals surface area contributed by atoms with E-state index in [2.05, 4.69) is 4.99 Å². The molecular weight excluding hydrogens is 388 g/mol. The molecule has 0 aromatic heterocycles. The first-order chi connectivity index (χ1) is 12.7. The van der Waals surface area contributed by atoms with Crippen molar-refractivity contribution in [3.8, 4) is 0 Å². The van der Waals surface area contributed by atoms with Gasteiger partial charge < -0.3 is 10.0 Å². The number of aliphatic imine (C=N–C) groups is 1. The second-order valence-electron chi connectivity index (χ2n) is 7.00. The standard InChI is InChI=1S/C18H22N2O5S2/c1-11-6-7-12(2)13(8-11)20-14-9-27(24,25)10-15(14)26-18(20)19-16(21)4-3-5-17(22)23/h6-8,14-15H,3-5,9-10H2,1-2H3,(H,22,23)/t14-,15-/m1/s1. The van der Waals surface area contributed by atoms with Gasteiger partial charge in [0.15, 0.2) is 15.0 Å². The van der Waals surface area contributed by atoms with Crippen molar-refractivity contribution < 1.29 is 23.1 Å². The van der Waals surface area contributed by atoms with Crippen LogP contribution in [-0.2, 0) is 19.4 Å². The number of fused-ring (bicyclic) bond motifs is 1. The first-order valence-electron chi connectivity index (χ1n) is 8.73. The minimum Gasteiger partial charge on any atom is -0.481 e. The largest absolute Gasteiger partial charge is 0.481 e. The van der Waals surface area contributed by atoms with Gasteiger partial charge in [-0.05, 0) is 37.5 Å². The number of carboxylic acids is 1. The number of aliphatic carboxylic acids is 1. The average molecular weight is 411 g/mol. The number of anilines is 1. The second-order valence-corrected chi connectivity index (χ2v) is 10.4. The van der Waals surface area contributed by atoms with Gasteiger partial charge in [-0.15, -0.1) is 0 Å². The fraction of sp³-hybridized carbons (Fsp3) is 0.500. The lowest BCUT2D eigenvalue weighted by Crippen LogP contribution is -2.38. The normalized spacial score (nSPS) is 25.0. The zero-order chi connectivity index (χ0) is 19.8. The van der Waals surface area contributed by atoms with E-state index in [4.69, 9.17) is 5.11 Å². The van der Waals surface area contributed by atoms with E-state index >= 15 is 0 Å². The Bertz CT molecular complexity index is 910. The van der Waals surface area contributed by atoms with E-state index < -0.39 is 15.8 Å². The molecule has 0 aliphatic carbocycles. The molecule has 146 valence electrons. The van der Waals surface area contributed by atoms with Crippen LogP contribution in [0.5, 0.6) is 0 Å². The van der Waals surface area contributed by atoms with Crippen LogP contribution in [0.25, 0.3) is 0 Å². The zero-order valence-corrected chi connectivity index (χ0v) is 16.8. The van der Waals surface area contributed by atoms with E-state index in [1.54, 1.807) is 0 Å². The van der Waals surface area contributed by atoms with Crippen LogP contribution >= 0.6 is 11.8 Å². The van der Waals surface area contributed by atoms with Crippen molar-refractivity contribution in [1.82, 2.24) is 0 Å². The van der Waals surface area contributed by atoms with Crippen LogP contribution < -0.4 is 4.90 Å². The van der Waals surface area contributed by atoms with Crippen LogP contribution in [0.3, 0.4) is 0 Å². The number of sulfone groups is 1. The second kappa shape index (κ2) is 7.63. The summed E-state index contributed by atoms with van der Waals surface area (Å²) in [6.45, 7) is 3.91. The number of carbonyl (C=O) groups excluding carboxylic acids is 1. The molecule has 0 saturated carbocycles. The number of benzene rings is 1. The van der Waals surface area contributed by atoms with Crippen LogP contribution in [0.2, 0.25) is 0 Å². The molecule has 27 heavy (non-hydrogen) atoms. The Labute approximate surface area is 162 Å². The molecule has 0 unspecified atom stereocenters. The number of hydrogen-bond acceptors (Lipinski definition) is 5. The molecular formula is C18H22N2O5S2. The van der Waals surface area contributed by atoms with Crippen molar-refractivity contribution in [2.75, 3.05) is 16.4 Å². The summed E-state index contributed by atoms with van der Waals surface area (Å²) in [5.74, 6) is -1.19. The fourth-order valence-electron chi connectivity index (χ4n) is 3.38. The van der Waals surface area contributed by atoms with Crippen molar-refractivity contribution in [3.05, 3.63) is 29.3 Å². The summed E-state index contributed by atoms with van der Waals surface area (Å²) in [5.41, 5.74) is 2.89. The Hall–Kier alpha value is -1.87. The minimum atomic E-state index is -3.11. The highest BCUT2D eigenvalue weighted by Gasteiger charge is 2.49. The number of carboxylic acid groups (broad SMARTS) is 1. The summed E-state index contributed by atoms with van der Waals surface area (Å²) in [7, 11) is -3.11. The Morgan fingerprint density at radius 1 is 1.26 bits per heavy atom. The van der Waals surface area contributed by atoms with Crippen LogP contribution in [0.4, 0.5) is 5.69 Å². The van der Waals surface area contributed by atoms with Gasteiger partial charge in [-0.25, -0.2) is 8.42 Å². The van der Waals surface area contributed by atoms with Crippen molar-refractivity contribution in [2.24, 2.45) is 4.99 Å². The third-order valence-electron chi connectivity index (χ3n) is 4.69. The summed E-state index contributed by atoms with van der Waals surface area (Å²) in [4.78, 5) is 28.9. The van der Waals surface area contributed by atoms with E-state index in [1.165, 1.54) is 11.8 Å². The van der Waals surface area contributed by atoms with Gasteiger partial charge >= 0.3 is 5.97 Å². The van der Waals surface area contributed by atoms with Crippen LogP contribution in [0.1, 0.15) is 30.4 Å². The molecule has 0 radical (unpaired) electrons. The van der Waals surface area contributed by atoms with Crippen LogP contribution in [0, 0.1) is 13.8 Å². The quantitative estimate of drug-likeness (QED) is 0.793. The predicted octanol–water partition coefficient (Wildman–Crippen LogP) is 2.16. The average Bonchev–Trinajstić information content (AvgIpc) is 3.00. The molecule has 2 aliphatic rings. The molecule has 0 bridgehead atoms. The topological polar surface area (TPSA) is 104 Å². The van der Waals surface area contributed by atoms with Crippen molar-refractivity contribution in [1.29, 1.82) is 0 Å². The number of amidine groups is 1. The SMILES string of the molecule is Cc1ccc(C)c(N2C(=NC(=O)CCCC(=O)O)S[C@@H]3CS(=O)(=O)C[C@H]32)c1. The Balaban J connectivity index is 1.91. The molecule has 0 spiro atoms. The van der Waals surface area contributed by atoms with E-state index in [-0.39, 0.29) is 48.0 Å². The molecule has 2 saturated heterocycles. The molecule has 1 N–H and O–H groups in total. The van der Waals surface area contributed by atoms with Gasteiger partial charge in [0.25, 0.3) is 0 Å². The highest BCUT2D eigenvalue weighted by Crippen LogP contribution is 2.42. The summed E-state index contributed by atoms with van der Waals surface area (Å²) in [6.07, 6.45) is 0.221. The van der Waals surface area contributed by atoms with Crippen molar-refractivity contribution in [2.45, 2.75) is 44.4 Å².